The van der Waals surface area contributed by atoms with Crippen LogP contribution in [-0.4, -0.2) is 7.28 Å². The highest BCUT2D eigenvalue weighted by molar-refractivity contribution is 6.64. The van der Waals surface area contributed by atoms with E-state index in [1.165, 1.54) is 100.0 Å². The summed E-state index contributed by atoms with van der Waals surface area (Å²) >= 11 is 0. The summed E-state index contributed by atoms with van der Waals surface area (Å²) in [5, 5.41) is 4.19. The summed E-state index contributed by atoms with van der Waals surface area (Å²) in [7, 11) is 1.05. The molecule has 2 heteroatoms. The van der Waals surface area contributed by atoms with Gasteiger partial charge in [0.15, 0.2) is 7.28 Å². The topological polar surface area (TPSA) is 12.0 Å². The number of benzene rings is 5. The van der Waals surface area contributed by atoms with Crippen LogP contribution in [0, 0.1) is 34.0 Å². The van der Waals surface area contributed by atoms with Gasteiger partial charge in [0.2, 0.25) is 0 Å². The third-order valence-electron chi connectivity index (χ3n) is 18.0. The van der Waals surface area contributed by atoms with Crippen molar-refractivity contribution in [2.24, 2.45) is 34.0 Å². The summed E-state index contributed by atoms with van der Waals surface area (Å²) in [4.78, 5) is 0. The lowest BCUT2D eigenvalue weighted by molar-refractivity contribution is 0.0625. The van der Waals surface area contributed by atoms with Gasteiger partial charge in [0.25, 0.3) is 0 Å². The SMILES string of the molecule is CC1=CC(C)CC(C)C1c1cc(-c2cccc3c2Nc2ccccc2C32c3ccccc3-c3ccccc32)c2c(c1)C1C3=C(B2)CC(C(C)(C)C)C=C3C2(C)CCCCC12C. The van der Waals surface area contributed by atoms with Gasteiger partial charge in [-0.2, -0.15) is 0 Å². The Balaban J connectivity index is 1.16. The molecule has 5 aromatic carbocycles. The number of rotatable bonds is 2. The fraction of sp³-hybridized carbons (Fsp3) is 0.390. The van der Waals surface area contributed by atoms with E-state index in [1.54, 1.807) is 33.2 Å². The summed E-state index contributed by atoms with van der Waals surface area (Å²) in [6.45, 7) is 20.3. The summed E-state index contributed by atoms with van der Waals surface area (Å²) in [5.74, 6) is 2.61. The molecule has 2 saturated carbocycles. The maximum absolute atomic E-state index is 4.19. The molecule has 5 aliphatic carbocycles. The molecule has 306 valence electrons. The maximum atomic E-state index is 4.19. The van der Waals surface area contributed by atoms with Crippen molar-refractivity contribution in [3.8, 4) is 22.3 Å². The van der Waals surface area contributed by atoms with Crippen molar-refractivity contribution in [2.75, 3.05) is 5.32 Å². The van der Waals surface area contributed by atoms with Crippen LogP contribution in [0.5, 0.6) is 0 Å². The van der Waals surface area contributed by atoms with Gasteiger partial charge in [0.05, 0.1) is 11.1 Å². The average molecular weight is 796 g/mol. The molecule has 0 amide bonds. The van der Waals surface area contributed by atoms with Crippen LogP contribution in [0.2, 0.25) is 0 Å². The highest BCUT2D eigenvalue weighted by Crippen LogP contribution is 2.73. The number of fused-ring (bicyclic) bond motifs is 14. The monoisotopic (exact) mass is 795 g/mol. The normalized spacial score (nSPS) is 29.7. The van der Waals surface area contributed by atoms with Gasteiger partial charge in [0, 0.05) is 23.1 Å². The van der Waals surface area contributed by atoms with Gasteiger partial charge in [-0.15, -0.1) is 0 Å². The maximum Gasteiger partial charge on any atom is 0.188 e. The van der Waals surface area contributed by atoms with Crippen LogP contribution in [0.15, 0.2) is 137 Å². The Kier molecular flexibility index (Phi) is 8.00. The van der Waals surface area contributed by atoms with Gasteiger partial charge in [-0.25, -0.2) is 0 Å². The van der Waals surface area contributed by atoms with E-state index in [9.17, 15) is 0 Å². The Bertz CT molecular complexity index is 2760. The summed E-state index contributed by atoms with van der Waals surface area (Å²) < 4.78 is 0. The zero-order valence-electron chi connectivity index (χ0n) is 37.8. The Morgan fingerprint density at radius 2 is 1.36 bits per heavy atom. The van der Waals surface area contributed by atoms with Crippen molar-refractivity contribution in [3.63, 3.8) is 0 Å². The minimum absolute atomic E-state index is 0.182. The van der Waals surface area contributed by atoms with Gasteiger partial charge >= 0.3 is 0 Å². The van der Waals surface area contributed by atoms with Crippen LogP contribution >= 0.6 is 0 Å². The molecule has 12 rings (SSSR count). The van der Waals surface area contributed by atoms with E-state index >= 15 is 0 Å². The number of para-hydroxylation sites is 2. The van der Waals surface area contributed by atoms with Gasteiger partial charge in [-0.05, 0) is 134 Å². The number of hydrogen-bond donors (Lipinski definition) is 1. The molecule has 2 fully saturated rings. The molecule has 0 bridgehead atoms. The molecular formula is C59H62BN. The Morgan fingerprint density at radius 3 is 2.08 bits per heavy atom. The fourth-order valence-corrected chi connectivity index (χ4v) is 15.2. The number of hydrogen-bond acceptors (Lipinski definition) is 1. The number of allylic oxidation sites excluding steroid dienone is 6. The first kappa shape index (κ1) is 37.9. The first-order chi connectivity index (χ1) is 29.3. The quantitative estimate of drug-likeness (QED) is 0.136. The predicted molar refractivity (Wildman–Crippen MR) is 259 cm³/mol. The van der Waals surface area contributed by atoms with Gasteiger partial charge in [0.1, 0.15) is 0 Å². The molecule has 7 atom stereocenters. The molecule has 2 heterocycles. The van der Waals surface area contributed by atoms with Crippen LogP contribution < -0.4 is 10.8 Å². The van der Waals surface area contributed by atoms with Crippen molar-refractivity contribution in [1.82, 2.24) is 0 Å². The second-order valence-electron chi connectivity index (χ2n) is 22.3. The van der Waals surface area contributed by atoms with Crippen LogP contribution in [0.1, 0.15) is 139 Å². The molecule has 1 spiro atoms. The third-order valence-corrected chi connectivity index (χ3v) is 18.0. The molecule has 0 aromatic heterocycles. The van der Waals surface area contributed by atoms with Gasteiger partial charge in [-0.1, -0.05) is 187 Å². The first-order valence-electron chi connectivity index (χ1n) is 23.8. The Labute approximate surface area is 366 Å². The lowest BCUT2D eigenvalue weighted by Gasteiger charge is -2.49. The second kappa shape index (κ2) is 12.9. The number of nitrogens with one attached hydrogen (secondary N) is 1. The lowest BCUT2D eigenvalue weighted by atomic mass is 9.47. The summed E-state index contributed by atoms with van der Waals surface area (Å²) in [6.07, 6.45) is 13.1. The van der Waals surface area contributed by atoms with Crippen molar-refractivity contribution in [1.29, 1.82) is 0 Å². The van der Waals surface area contributed by atoms with Gasteiger partial charge < -0.3 is 5.32 Å². The molecule has 7 aliphatic rings. The Morgan fingerprint density at radius 1 is 0.705 bits per heavy atom. The smallest absolute Gasteiger partial charge is 0.188 e. The van der Waals surface area contributed by atoms with Crippen LogP contribution in [-0.2, 0) is 5.41 Å². The largest absolute Gasteiger partial charge is 0.354 e. The minimum atomic E-state index is -0.424. The molecule has 0 saturated heterocycles. The van der Waals surface area contributed by atoms with Gasteiger partial charge in [-0.3, -0.25) is 0 Å². The van der Waals surface area contributed by atoms with Crippen LogP contribution in [0.3, 0.4) is 0 Å². The first-order valence-corrected chi connectivity index (χ1v) is 23.8. The zero-order chi connectivity index (χ0) is 41.8. The van der Waals surface area contributed by atoms with E-state index in [1.807, 2.05) is 0 Å². The Hall–Kier alpha value is -4.82. The summed E-state index contributed by atoms with van der Waals surface area (Å²) in [5.41, 5.74) is 25.3. The summed E-state index contributed by atoms with van der Waals surface area (Å²) in [6, 6.07) is 40.5. The van der Waals surface area contributed by atoms with E-state index < -0.39 is 5.41 Å². The third kappa shape index (κ3) is 4.92. The van der Waals surface area contributed by atoms with E-state index in [0.717, 1.165) is 7.28 Å². The highest BCUT2D eigenvalue weighted by atomic mass is 14.9. The zero-order valence-corrected chi connectivity index (χ0v) is 37.8. The minimum Gasteiger partial charge on any atom is -0.354 e. The average Bonchev–Trinajstić information content (AvgIpc) is 3.65. The van der Waals surface area contributed by atoms with Crippen molar-refractivity contribution in [3.05, 3.63) is 171 Å². The molecule has 5 aromatic rings. The molecule has 0 radical (unpaired) electrons. The fourth-order valence-electron chi connectivity index (χ4n) is 15.2. The molecule has 1 nitrogen and oxygen atoms in total. The van der Waals surface area contributed by atoms with Crippen molar-refractivity contribution < 1.29 is 0 Å². The van der Waals surface area contributed by atoms with Crippen molar-refractivity contribution >= 4 is 24.1 Å². The highest BCUT2D eigenvalue weighted by Gasteiger charge is 2.63. The predicted octanol–water partition coefficient (Wildman–Crippen LogP) is 14.5. The second-order valence-corrected chi connectivity index (χ2v) is 22.3. The molecular weight excluding hydrogens is 733 g/mol. The van der Waals surface area contributed by atoms with Crippen molar-refractivity contribution in [2.45, 2.75) is 111 Å². The molecule has 61 heavy (non-hydrogen) atoms. The van der Waals surface area contributed by atoms with E-state index in [4.69, 9.17) is 0 Å². The lowest BCUT2D eigenvalue weighted by Crippen LogP contribution is -2.42. The molecule has 7 unspecified atom stereocenters. The van der Waals surface area contributed by atoms with Crippen LogP contribution in [0.25, 0.3) is 22.3 Å². The van der Waals surface area contributed by atoms with E-state index in [2.05, 4.69) is 176 Å². The van der Waals surface area contributed by atoms with E-state index in [0.29, 0.717) is 29.6 Å². The molecule has 1 N–H and O–H groups in total. The van der Waals surface area contributed by atoms with Crippen LogP contribution in [0.4, 0.5) is 11.4 Å². The van der Waals surface area contributed by atoms with E-state index in [-0.39, 0.29) is 16.2 Å². The number of anilines is 2. The molecule has 2 aliphatic heterocycles. The standard InChI is InChI=1S/C59H62BN/c1-34-28-35(2)51(36(3)29-34)37-30-42(54-43(31-37)53-52-48(57(7)26-15-16-27-58(53,57)8)32-38(56(4,5)6)33-49(52)60-54)41-20-17-24-47-55(41)61-50-25-14-13-23-46(50)59(47)44-21-11-9-18-39(44)40-19-10-12-22-45(40)59/h9-14,17-25,28,30-32,34,36,38,51,53,60-61H,15-16,26-27,29,33H2,1-8H3.